The summed E-state index contributed by atoms with van der Waals surface area (Å²) in [7, 11) is -3.84. The van der Waals surface area contributed by atoms with Gasteiger partial charge in [0.2, 0.25) is 11.7 Å². The van der Waals surface area contributed by atoms with E-state index in [-0.39, 0.29) is 28.8 Å². The van der Waals surface area contributed by atoms with Crippen LogP contribution < -0.4 is 10.6 Å². The minimum atomic E-state index is -3.84. The first-order valence-corrected chi connectivity index (χ1v) is 14.2. The number of hydrogen-bond donors (Lipinski definition) is 3. The number of benzene rings is 2. The van der Waals surface area contributed by atoms with Gasteiger partial charge in [-0.1, -0.05) is 54.1 Å². The zero-order valence-corrected chi connectivity index (χ0v) is 22.2. The van der Waals surface area contributed by atoms with Crippen LogP contribution in [0.15, 0.2) is 71.4 Å². The van der Waals surface area contributed by atoms with Crippen LogP contribution in [-0.2, 0) is 21.1 Å². The molecule has 2 aromatic carbocycles. The van der Waals surface area contributed by atoms with Crippen molar-refractivity contribution in [3.8, 4) is 6.07 Å². The molecule has 0 aromatic heterocycles. The zero-order chi connectivity index (χ0) is 26.6. The summed E-state index contributed by atoms with van der Waals surface area (Å²) >= 11 is 6.24. The number of amides is 1. The minimum absolute atomic E-state index is 0.0418. The van der Waals surface area contributed by atoms with Gasteiger partial charge in [-0.2, -0.15) is 5.26 Å². The first kappa shape index (κ1) is 26.9. The number of carbonyl (C=O) groups excluding carboxylic acids is 1. The lowest BCUT2D eigenvalue weighted by Gasteiger charge is -2.26. The predicted molar refractivity (Wildman–Crippen MR) is 142 cm³/mol. The van der Waals surface area contributed by atoms with Gasteiger partial charge in [-0.15, -0.1) is 0 Å². The molecule has 10 heteroatoms. The molecule has 1 saturated heterocycles. The van der Waals surface area contributed by atoms with E-state index in [1.54, 1.807) is 30.0 Å². The Morgan fingerprint density at radius 2 is 1.92 bits per heavy atom. The Hall–Kier alpha value is -3.19. The Bertz CT molecular complexity index is 1350. The molecule has 0 radical (unpaired) electrons. The van der Waals surface area contributed by atoms with Crippen molar-refractivity contribution in [2.45, 2.75) is 54.3 Å². The van der Waals surface area contributed by atoms with Crippen molar-refractivity contribution in [1.82, 2.24) is 10.2 Å². The van der Waals surface area contributed by atoms with Gasteiger partial charge in [-0.25, -0.2) is 8.42 Å². The Labute approximate surface area is 222 Å². The van der Waals surface area contributed by atoms with Crippen LogP contribution in [-0.4, -0.2) is 54.9 Å². The summed E-state index contributed by atoms with van der Waals surface area (Å²) in [6, 6.07) is 17.7. The fourth-order valence-corrected chi connectivity index (χ4v) is 6.85. The summed E-state index contributed by atoms with van der Waals surface area (Å²) in [4.78, 5) is 15.2. The first-order chi connectivity index (χ1) is 17.6. The van der Waals surface area contributed by atoms with E-state index in [9.17, 15) is 18.5 Å². The van der Waals surface area contributed by atoms with Crippen molar-refractivity contribution < 1.29 is 18.5 Å². The van der Waals surface area contributed by atoms with Crippen molar-refractivity contribution in [3.63, 3.8) is 0 Å². The number of nitriles is 1. The number of halogens is 1. The summed E-state index contributed by atoms with van der Waals surface area (Å²) in [5.41, 5.74) is 0.573. The molecule has 0 unspecified atom stereocenters. The molecule has 2 fully saturated rings. The lowest BCUT2D eigenvalue weighted by Crippen LogP contribution is -2.86. The fraction of sp³-hybridized carbons (Fsp3) is 0.370. The molecule has 194 valence electrons. The molecule has 1 amide bonds. The highest BCUT2D eigenvalue weighted by atomic mass is 35.5. The van der Waals surface area contributed by atoms with E-state index in [1.807, 2.05) is 35.6 Å². The van der Waals surface area contributed by atoms with Crippen molar-refractivity contribution in [2.24, 2.45) is 0 Å². The molecule has 2 atom stereocenters. The van der Waals surface area contributed by atoms with E-state index in [0.29, 0.717) is 30.9 Å². The van der Waals surface area contributed by atoms with Gasteiger partial charge in [-0.3, -0.25) is 10.1 Å². The van der Waals surface area contributed by atoms with Crippen LogP contribution in [0.4, 0.5) is 0 Å². The Morgan fingerprint density at radius 3 is 2.54 bits per heavy atom. The van der Waals surface area contributed by atoms with E-state index in [0.717, 1.165) is 12.0 Å². The lowest BCUT2D eigenvalue weighted by molar-refractivity contribution is -0.620. The summed E-state index contributed by atoms with van der Waals surface area (Å²) in [5, 5.41) is 21.6. The molecule has 8 nitrogen and oxygen atoms in total. The highest BCUT2D eigenvalue weighted by Crippen LogP contribution is 2.36. The number of nitrogens with two attached hydrogens (primary N) is 1. The van der Waals surface area contributed by atoms with E-state index in [1.165, 1.54) is 12.1 Å². The number of nitrogens with zero attached hydrogens (tertiary/aromatic N) is 2. The second kappa shape index (κ2) is 11.1. The molecule has 1 aliphatic carbocycles. The number of quaternary nitrogens is 1. The minimum Gasteiger partial charge on any atom is -0.336 e. The molecule has 37 heavy (non-hydrogen) atoms. The van der Waals surface area contributed by atoms with Crippen LogP contribution in [0.25, 0.3) is 0 Å². The van der Waals surface area contributed by atoms with Crippen LogP contribution >= 0.6 is 11.6 Å². The topological polar surface area (TPSA) is 131 Å². The second-order valence-electron chi connectivity index (χ2n) is 9.67. The molecule has 4 rings (SSSR count). The highest BCUT2D eigenvalue weighted by molar-refractivity contribution is 7.92. The van der Waals surface area contributed by atoms with Crippen molar-refractivity contribution >= 4 is 33.1 Å². The van der Waals surface area contributed by atoms with Crippen LogP contribution in [0, 0.1) is 16.7 Å². The van der Waals surface area contributed by atoms with Crippen LogP contribution in [0.3, 0.4) is 0 Å². The zero-order valence-electron chi connectivity index (χ0n) is 20.7. The van der Waals surface area contributed by atoms with Crippen molar-refractivity contribution in [1.29, 1.82) is 10.7 Å². The van der Waals surface area contributed by atoms with Gasteiger partial charge in [0.1, 0.15) is 11.6 Å². The number of sulfone groups is 1. The summed E-state index contributed by atoms with van der Waals surface area (Å²) in [6.45, 7) is 2.37. The monoisotopic (exact) mass is 540 g/mol. The van der Waals surface area contributed by atoms with Crippen LogP contribution in [0.1, 0.15) is 31.7 Å². The third-order valence-electron chi connectivity index (χ3n) is 6.80. The number of likely N-dealkylation sites (tertiary alicyclic amines) is 1. The normalized spacial score (nSPS) is 20.8. The molecule has 1 saturated carbocycles. The van der Waals surface area contributed by atoms with Gasteiger partial charge < -0.3 is 15.6 Å². The molecule has 0 spiro atoms. The first-order valence-electron chi connectivity index (χ1n) is 12.3. The summed E-state index contributed by atoms with van der Waals surface area (Å²) in [6.07, 6.45) is 3.64. The molecule has 2 aliphatic rings. The van der Waals surface area contributed by atoms with Crippen LogP contribution in [0.5, 0.6) is 0 Å². The lowest BCUT2D eigenvalue weighted by atomic mass is 10.1. The maximum atomic E-state index is 13.6. The van der Waals surface area contributed by atoms with Gasteiger partial charge >= 0.3 is 0 Å². The van der Waals surface area contributed by atoms with E-state index < -0.39 is 26.7 Å². The molecular formula is C27H31ClN5O3S+. The maximum Gasteiger partial charge on any atom is 0.244 e. The molecule has 4 N–H and O–H groups in total. The second-order valence-corrected chi connectivity index (χ2v) is 12.3. The van der Waals surface area contributed by atoms with E-state index >= 15 is 0 Å². The largest absolute Gasteiger partial charge is 0.336 e. The van der Waals surface area contributed by atoms with Gasteiger partial charge in [0.05, 0.1) is 27.8 Å². The van der Waals surface area contributed by atoms with Gasteiger partial charge in [0.25, 0.3) is 0 Å². The third kappa shape index (κ3) is 6.21. The molecular weight excluding hydrogens is 510 g/mol. The third-order valence-corrected chi connectivity index (χ3v) is 9.43. The number of hydrogen-bond acceptors (Lipinski definition) is 6. The van der Waals surface area contributed by atoms with E-state index in [4.69, 9.17) is 17.0 Å². The number of allylic oxidation sites excluding steroid dienone is 1. The Morgan fingerprint density at radius 1 is 1.24 bits per heavy atom. The SMILES string of the molecule is CC(=N)/C=C(\[NH2+]CCc1ccccc1)N1C[C@H](S(=O)(=O)c2ccccc2Cl)C[C@H]1C(=O)NC1(C#N)CC1. The Balaban J connectivity index is 1.62. The van der Waals surface area contributed by atoms with E-state index in [2.05, 4.69) is 11.4 Å². The standard InChI is InChI=1S/C27H30ClN5O3S/c1-19(30)15-25(31-14-11-20-7-3-2-4-8-20)33-17-21(37(35,36)24-10-6-5-9-22(24)28)16-23(33)26(34)32-27(18-29)12-13-27/h2-10,15,21,23,30-31H,11-14,16-17H2,1H3,(H,32,34)/p+1/b25-15+,30-19?/t21-,23+/m1/s1. The Kier molecular flexibility index (Phi) is 8.02. The van der Waals surface area contributed by atoms with Gasteiger partial charge in [0.15, 0.2) is 9.84 Å². The highest BCUT2D eigenvalue weighted by Gasteiger charge is 2.50. The quantitative estimate of drug-likeness (QED) is 0.398. The molecule has 2 aromatic rings. The van der Waals surface area contributed by atoms with Crippen molar-refractivity contribution in [3.05, 3.63) is 77.1 Å². The summed E-state index contributed by atoms with van der Waals surface area (Å²) < 4.78 is 27.2. The average Bonchev–Trinajstić information content (AvgIpc) is 3.49. The fourth-order valence-electron chi connectivity index (χ4n) is 4.63. The maximum absolute atomic E-state index is 13.6. The van der Waals surface area contributed by atoms with Crippen LogP contribution in [0.2, 0.25) is 5.02 Å². The number of carbonyl (C=O) groups is 1. The predicted octanol–water partition coefficient (Wildman–Crippen LogP) is 2.42. The van der Waals surface area contributed by atoms with Crippen molar-refractivity contribution in [2.75, 3.05) is 13.1 Å². The molecule has 1 aliphatic heterocycles. The number of nitrogens with one attached hydrogen (secondary N) is 2. The number of rotatable bonds is 10. The van der Waals surface area contributed by atoms with Gasteiger partial charge in [-0.05, 0) is 43.9 Å². The van der Waals surface area contributed by atoms with Gasteiger partial charge in [0, 0.05) is 24.8 Å². The summed E-state index contributed by atoms with van der Waals surface area (Å²) in [5.74, 6) is 0.253. The smallest absolute Gasteiger partial charge is 0.244 e. The molecule has 0 bridgehead atoms. The average molecular weight is 541 g/mol. The molecule has 1 heterocycles.